The van der Waals surface area contributed by atoms with Crippen LogP contribution < -0.4 is 24.2 Å². The van der Waals surface area contributed by atoms with E-state index in [4.69, 9.17) is 19.9 Å². The number of methoxy groups -OCH3 is 1. The molecule has 200 valence electrons. The third-order valence-corrected chi connectivity index (χ3v) is 7.89. The predicted molar refractivity (Wildman–Crippen MR) is 131 cm³/mol. The lowest BCUT2D eigenvalue weighted by atomic mass is 10.0. The number of benzene rings is 2. The number of fused-ring (bicyclic) bond motifs is 1. The van der Waals surface area contributed by atoms with E-state index in [1.807, 2.05) is 0 Å². The smallest absolute Gasteiger partial charge is 0.416 e. The minimum absolute atomic E-state index is 0.00874. The molecule has 0 spiro atoms. The van der Waals surface area contributed by atoms with Gasteiger partial charge in [-0.05, 0) is 49.6 Å². The summed E-state index contributed by atoms with van der Waals surface area (Å²) in [4.78, 5) is 4.51. The summed E-state index contributed by atoms with van der Waals surface area (Å²) < 4.78 is 87.3. The summed E-state index contributed by atoms with van der Waals surface area (Å²) in [6, 6.07) is 5.38. The van der Waals surface area contributed by atoms with Gasteiger partial charge in [0.25, 0.3) is 0 Å². The Bertz CT molecular complexity index is 1340. The number of amidine groups is 1. The molecule has 1 saturated heterocycles. The van der Waals surface area contributed by atoms with Gasteiger partial charge in [0.05, 0.1) is 37.6 Å². The van der Waals surface area contributed by atoms with Gasteiger partial charge in [-0.2, -0.15) is 21.6 Å². The number of rotatable bonds is 6. The normalized spacial score (nSPS) is 22.9. The molecule has 9 nitrogen and oxygen atoms in total. The third-order valence-electron chi connectivity index (χ3n) is 6.43. The zero-order valence-corrected chi connectivity index (χ0v) is 21.0. The highest BCUT2D eigenvalue weighted by Gasteiger charge is 2.43. The monoisotopic (exact) mass is 540 g/mol. The highest BCUT2D eigenvalue weighted by molar-refractivity contribution is 7.91. The molecule has 3 N–H and O–H groups in total. The van der Waals surface area contributed by atoms with Gasteiger partial charge in [-0.25, -0.2) is 9.03 Å². The Balaban J connectivity index is 1.61. The molecule has 2 fully saturated rings. The van der Waals surface area contributed by atoms with Crippen LogP contribution in [0.5, 0.6) is 11.5 Å². The molecule has 37 heavy (non-hydrogen) atoms. The molecule has 0 radical (unpaired) electrons. The second kappa shape index (κ2) is 9.28. The number of nitrogens with zero attached hydrogens (tertiary/aromatic N) is 2. The standard InChI is InChI=1S/C24H27F3N4O5S/c1-13(14-7-15(24(25,26)27)9-16(28)8-14)29-23-19-10-22(36-18-5-6-35-12-18)21(34-2)11-20(19)31(17-3-4-17)37(32,33)30-23/h7-11,13,17-18H,3-6,12,28H2,1-2H3,(H,29,30)/t13-,18+/m1/s1. The Morgan fingerprint density at radius 3 is 2.54 bits per heavy atom. The number of anilines is 2. The summed E-state index contributed by atoms with van der Waals surface area (Å²) in [6.45, 7) is 2.55. The van der Waals surface area contributed by atoms with Gasteiger partial charge in [-0.15, -0.1) is 0 Å². The minimum atomic E-state index is -4.59. The lowest BCUT2D eigenvalue weighted by Gasteiger charge is -2.33. The van der Waals surface area contributed by atoms with E-state index in [0.717, 1.165) is 12.1 Å². The van der Waals surface area contributed by atoms with Crippen LogP contribution >= 0.6 is 0 Å². The van der Waals surface area contributed by atoms with E-state index in [-0.39, 0.29) is 29.2 Å². The van der Waals surface area contributed by atoms with Crippen LogP contribution in [-0.4, -0.2) is 46.7 Å². The fourth-order valence-corrected chi connectivity index (χ4v) is 5.98. The van der Waals surface area contributed by atoms with Gasteiger partial charge >= 0.3 is 16.4 Å². The summed E-state index contributed by atoms with van der Waals surface area (Å²) in [6.07, 6.45) is -2.69. The summed E-state index contributed by atoms with van der Waals surface area (Å²) in [5.74, 6) is 0.731. The van der Waals surface area contributed by atoms with Crippen molar-refractivity contribution in [2.45, 2.75) is 50.6 Å². The first-order valence-corrected chi connectivity index (χ1v) is 13.2. The van der Waals surface area contributed by atoms with Crippen LogP contribution in [-0.2, 0) is 21.1 Å². The van der Waals surface area contributed by atoms with Crippen LogP contribution in [0.25, 0.3) is 0 Å². The highest BCUT2D eigenvalue weighted by atomic mass is 32.2. The second-order valence-electron chi connectivity index (χ2n) is 9.30. The number of ether oxygens (including phenoxy) is 3. The lowest BCUT2D eigenvalue weighted by Crippen LogP contribution is -2.50. The Hall–Kier alpha value is -3.19. The molecule has 1 saturated carbocycles. The van der Waals surface area contributed by atoms with Crippen molar-refractivity contribution in [3.05, 3.63) is 47.0 Å². The van der Waals surface area contributed by atoms with Crippen LogP contribution in [0, 0.1) is 0 Å². The fourth-order valence-electron chi connectivity index (χ4n) is 4.46. The van der Waals surface area contributed by atoms with Gasteiger partial charge < -0.3 is 19.9 Å². The number of nitrogens with one attached hydrogen (secondary N) is 1. The van der Waals surface area contributed by atoms with Crippen molar-refractivity contribution in [1.29, 1.82) is 0 Å². The van der Waals surface area contributed by atoms with Crippen LogP contribution in [0.2, 0.25) is 0 Å². The lowest BCUT2D eigenvalue weighted by molar-refractivity contribution is -0.137. The number of halogens is 3. The molecule has 5 rings (SSSR count). The molecule has 2 heterocycles. The fraction of sp³-hybridized carbons (Fsp3) is 0.458. The van der Waals surface area contributed by atoms with E-state index in [1.165, 1.54) is 17.5 Å². The SMILES string of the molecule is COc1cc2c(cc1O[C@H]1CCOC1)C(=N[C@H](C)c1cc(N)cc(C(F)(F)F)c1)NS(=O)(=O)N2C1CC1. The number of nitrogen functional groups attached to an aromatic ring is 1. The van der Waals surface area contributed by atoms with Crippen LogP contribution in [0.15, 0.2) is 35.3 Å². The van der Waals surface area contributed by atoms with E-state index in [2.05, 4.69) is 9.71 Å². The Kier molecular flexibility index (Phi) is 6.39. The van der Waals surface area contributed by atoms with Gasteiger partial charge in [-0.1, -0.05) is 0 Å². The molecule has 0 bridgehead atoms. The molecule has 1 aliphatic carbocycles. The minimum Gasteiger partial charge on any atom is -0.493 e. The van der Waals surface area contributed by atoms with Crippen molar-refractivity contribution in [2.75, 3.05) is 30.4 Å². The van der Waals surface area contributed by atoms with Gasteiger partial charge in [-0.3, -0.25) is 4.99 Å². The van der Waals surface area contributed by atoms with Crippen LogP contribution in [0.4, 0.5) is 24.5 Å². The number of aliphatic imine (C=N–C) groups is 1. The highest BCUT2D eigenvalue weighted by Crippen LogP contribution is 2.44. The van der Waals surface area contributed by atoms with Crippen molar-refractivity contribution in [1.82, 2.24) is 4.72 Å². The van der Waals surface area contributed by atoms with Crippen LogP contribution in [0.3, 0.4) is 0 Å². The molecule has 3 aliphatic rings. The predicted octanol–water partition coefficient (Wildman–Crippen LogP) is 3.79. The molecule has 0 amide bonds. The van der Waals surface area contributed by atoms with E-state index in [0.29, 0.717) is 55.2 Å². The Labute approximate surface area is 212 Å². The average molecular weight is 541 g/mol. The molecule has 2 aromatic carbocycles. The number of hydrogen-bond donors (Lipinski definition) is 2. The zero-order chi connectivity index (χ0) is 26.5. The van der Waals surface area contributed by atoms with Gasteiger partial charge in [0, 0.05) is 29.8 Å². The van der Waals surface area contributed by atoms with Crippen molar-refractivity contribution in [2.24, 2.45) is 4.99 Å². The first-order chi connectivity index (χ1) is 17.5. The Morgan fingerprint density at radius 1 is 1.16 bits per heavy atom. The maximum absolute atomic E-state index is 13.4. The maximum atomic E-state index is 13.4. The quantitative estimate of drug-likeness (QED) is 0.539. The van der Waals surface area contributed by atoms with Crippen LogP contribution in [0.1, 0.15) is 48.9 Å². The van der Waals surface area contributed by atoms with Gasteiger partial charge in [0.1, 0.15) is 11.9 Å². The van der Waals surface area contributed by atoms with E-state index in [9.17, 15) is 21.6 Å². The molecule has 0 aromatic heterocycles. The maximum Gasteiger partial charge on any atom is 0.416 e. The zero-order valence-electron chi connectivity index (χ0n) is 20.2. The molecule has 0 unspecified atom stereocenters. The molecule has 2 aliphatic heterocycles. The summed E-state index contributed by atoms with van der Waals surface area (Å²) >= 11 is 0. The van der Waals surface area contributed by atoms with Gasteiger partial charge in [0.2, 0.25) is 0 Å². The van der Waals surface area contributed by atoms with Gasteiger partial charge in [0.15, 0.2) is 11.5 Å². The molecule has 2 aromatic rings. The van der Waals surface area contributed by atoms with E-state index < -0.39 is 28.0 Å². The largest absolute Gasteiger partial charge is 0.493 e. The molecular formula is C24H27F3N4O5S. The van der Waals surface area contributed by atoms with Crippen molar-refractivity contribution in [3.8, 4) is 11.5 Å². The van der Waals surface area contributed by atoms with E-state index in [1.54, 1.807) is 19.1 Å². The molecular weight excluding hydrogens is 513 g/mol. The van der Waals surface area contributed by atoms with Crippen molar-refractivity contribution in [3.63, 3.8) is 0 Å². The molecule has 2 atom stereocenters. The summed E-state index contributed by atoms with van der Waals surface area (Å²) in [7, 11) is -2.55. The second-order valence-corrected chi connectivity index (χ2v) is 10.8. The average Bonchev–Trinajstić information content (AvgIpc) is 3.51. The Morgan fingerprint density at radius 2 is 1.92 bits per heavy atom. The van der Waals surface area contributed by atoms with Crippen molar-refractivity contribution >= 4 is 27.4 Å². The first kappa shape index (κ1) is 25.5. The number of hydrogen-bond acceptors (Lipinski definition) is 7. The third kappa shape index (κ3) is 5.14. The number of alkyl halides is 3. The molecule has 13 heteroatoms. The summed E-state index contributed by atoms with van der Waals surface area (Å²) in [5, 5.41) is 0. The van der Waals surface area contributed by atoms with Crippen molar-refractivity contribution < 1.29 is 35.8 Å². The number of nitrogens with two attached hydrogens (primary N) is 1. The summed E-state index contributed by atoms with van der Waals surface area (Å²) in [5.41, 5.74) is 5.74. The van der Waals surface area contributed by atoms with E-state index >= 15 is 0 Å². The topological polar surface area (TPSA) is 115 Å². The first-order valence-electron chi connectivity index (χ1n) is 11.8.